The number of piperidine rings is 1. The van der Waals surface area contributed by atoms with Gasteiger partial charge in [0, 0.05) is 45.1 Å². The second-order valence-corrected chi connectivity index (χ2v) is 7.95. The number of carbonyl (C=O) groups is 1. The van der Waals surface area contributed by atoms with Gasteiger partial charge < -0.3 is 15.0 Å². The van der Waals surface area contributed by atoms with Gasteiger partial charge in [-0.15, -0.1) is 5.10 Å². The number of rotatable bonds is 3. The molecule has 3 aliphatic rings. The lowest BCUT2D eigenvalue weighted by Crippen LogP contribution is -2.53. The zero-order valence-corrected chi connectivity index (χ0v) is 14.9. The van der Waals surface area contributed by atoms with Gasteiger partial charge in [-0.25, -0.2) is 4.79 Å². The summed E-state index contributed by atoms with van der Waals surface area (Å²) < 4.78 is 7.43. The van der Waals surface area contributed by atoms with Gasteiger partial charge in [-0.3, -0.25) is 4.68 Å². The molecule has 3 fully saturated rings. The van der Waals surface area contributed by atoms with Crippen molar-refractivity contribution in [3.05, 3.63) is 12.4 Å². The van der Waals surface area contributed by atoms with E-state index in [1.807, 2.05) is 15.8 Å². The zero-order chi connectivity index (χ0) is 17.1. The Morgan fingerprint density at radius 3 is 2.92 bits per heavy atom. The standard InChI is InChI=1S/C18H29N5O2/c24-17(20-16-4-1-5-18(16)6-11-25-12-7-18)22-9-2-3-15(13-22)14-23-10-8-19-21-23/h8,10,15-16H,1-7,9,11-14H2,(H,20,24)/t15-,16+/m1/s1. The van der Waals surface area contributed by atoms with Gasteiger partial charge >= 0.3 is 6.03 Å². The summed E-state index contributed by atoms with van der Waals surface area (Å²) in [6.07, 6.45) is 11.6. The van der Waals surface area contributed by atoms with Crippen LogP contribution in [0.4, 0.5) is 4.79 Å². The van der Waals surface area contributed by atoms with Crippen LogP contribution < -0.4 is 5.32 Å². The number of nitrogens with zero attached hydrogens (tertiary/aromatic N) is 4. The molecule has 1 N–H and O–H groups in total. The number of likely N-dealkylation sites (tertiary alicyclic amines) is 1. The van der Waals surface area contributed by atoms with Gasteiger partial charge in [-0.05, 0) is 49.9 Å². The predicted molar refractivity (Wildman–Crippen MR) is 93.0 cm³/mol. The number of hydrogen-bond donors (Lipinski definition) is 1. The van der Waals surface area contributed by atoms with Crippen LogP contribution in [0.3, 0.4) is 0 Å². The van der Waals surface area contributed by atoms with Gasteiger partial charge in [0.15, 0.2) is 0 Å². The molecule has 1 aliphatic carbocycles. The first-order valence-electron chi connectivity index (χ1n) is 9.72. The van der Waals surface area contributed by atoms with E-state index in [0.29, 0.717) is 12.0 Å². The maximum absolute atomic E-state index is 12.9. The van der Waals surface area contributed by atoms with Crippen molar-refractivity contribution in [1.82, 2.24) is 25.2 Å². The molecule has 1 spiro atoms. The molecule has 0 bridgehead atoms. The summed E-state index contributed by atoms with van der Waals surface area (Å²) in [5, 5.41) is 11.3. The molecule has 2 aliphatic heterocycles. The molecule has 138 valence electrons. The molecule has 25 heavy (non-hydrogen) atoms. The summed E-state index contributed by atoms with van der Waals surface area (Å²) in [6, 6.07) is 0.445. The van der Waals surface area contributed by atoms with E-state index >= 15 is 0 Å². The topological polar surface area (TPSA) is 72.3 Å². The van der Waals surface area contributed by atoms with E-state index in [2.05, 4.69) is 15.6 Å². The largest absolute Gasteiger partial charge is 0.381 e. The highest BCUT2D eigenvalue weighted by molar-refractivity contribution is 5.74. The molecule has 2 atom stereocenters. The fraction of sp³-hybridized carbons (Fsp3) is 0.833. The van der Waals surface area contributed by atoms with Crippen LogP contribution in [-0.2, 0) is 11.3 Å². The highest BCUT2D eigenvalue weighted by atomic mass is 16.5. The van der Waals surface area contributed by atoms with E-state index in [9.17, 15) is 4.79 Å². The highest BCUT2D eigenvalue weighted by Crippen LogP contribution is 2.46. The number of ether oxygens (including phenoxy) is 1. The molecule has 3 heterocycles. The summed E-state index contributed by atoms with van der Waals surface area (Å²) in [4.78, 5) is 14.9. The summed E-state index contributed by atoms with van der Waals surface area (Å²) in [6.45, 7) is 4.21. The lowest BCUT2D eigenvalue weighted by Gasteiger charge is -2.40. The van der Waals surface area contributed by atoms with E-state index in [1.165, 1.54) is 12.8 Å². The molecule has 0 unspecified atom stereocenters. The first kappa shape index (κ1) is 16.8. The Kier molecular flexibility index (Phi) is 4.92. The molecular weight excluding hydrogens is 318 g/mol. The number of nitrogens with one attached hydrogen (secondary N) is 1. The minimum absolute atomic E-state index is 0.126. The molecule has 1 saturated carbocycles. The third-order valence-electron chi connectivity index (χ3n) is 6.42. The predicted octanol–water partition coefficient (Wildman–Crippen LogP) is 2.05. The number of amides is 2. The minimum atomic E-state index is 0.126. The fourth-order valence-electron chi connectivity index (χ4n) is 4.97. The molecular formula is C18H29N5O2. The summed E-state index contributed by atoms with van der Waals surface area (Å²) in [5.74, 6) is 0.460. The van der Waals surface area contributed by atoms with Crippen molar-refractivity contribution in [1.29, 1.82) is 0 Å². The van der Waals surface area contributed by atoms with Crippen LogP contribution in [0.15, 0.2) is 12.4 Å². The van der Waals surface area contributed by atoms with Gasteiger partial charge in [0.25, 0.3) is 0 Å². The van der Waals surface area contributed by atoms with Gasteiger partial charge in [-0.1, -0.05) is 11.6 Å². The molecule has 0 aromatic carbocycles. The molecule has 7 nitrogen and oxygen atoms in total. The highest BCUT2D eigenvalue weighted by Gasteiger charge is 2.44. The van der Waals surface area contributed by atoms with Crippen LogP contribution in [0.1, 0.15) is 44.9 Å². The Bertz CT molecular complexity index is 570. The van der Waals surface area contributed by atoms with Crippen molar-refractivity contribution in [3.63, 3.8) is 0 Å². The van der Waals surface area contributed by atoms with Crippen LogP contribution in [0.25, 0.3) is 0 Å². The van der Waals surface area contributed by atoms with Crippen LogP contribution in [-0.4, -0.2) is 58.3 Å². The Balaban J connectivity index is 1.34. The smallest absolute Gasteiger partial charge is 0.317 e. The van der Waals surface area contributed by atoms with Crippen molar-refractivity contribution in [2.45, 2.75) is 57.5 Å². The quantitative estimate of drug-likeness (QED) is 0.908. The van der Waals surface area contributed by atoms with Crippen molar-refractivity contribution in [3.8, 4) is 0 Å². The molecule has 1 aromatic rings. The SMILES string of the molecule is O=C(N[C@H]1CCCC12CCOCC2)N1CCC[C@@H](Cn2ccnn2)C1. The maximum atomic E-state index is 12.9. The Hall–Kier alpha value is -1.63. The lowest BCUT2D eigenvalue weighted by atomic mass is 9.75. The summed E-state index contributed by atoms with van der Waals surface area (Å²) >= 11 is 0. The van der Waals surface area contributed by atoms with Gasteiger partial charge in [0.05, 0.1) is 6.20 Å². The van der Waals surface area contributed by atoms with Crippen LogP contribution in [0, 0.1) is 11.3 Å². The third kappa shape index (κ3) is 3.66. The van der Waals surface area contributed by atoms with E-state index in [-0.39, 0.29) is 11.4 Å². The van der Waals surface area contributed by atoms with Crippen molar-refractivity contribution in [2.24, 2.45) is 11.3 Å². The van der Waals surface area contributed by atoms with Crippen LogP contribution >= 0.6 is 0 Å². The van der Waals surface area contributed by atoms with Gasteiger partial charge in [0.1, 0.15) is 0 Å². The first-order valence-corrected chi connectivity index (χ1v) is 9.72. The molecule has 2 amide bonds. The average molecular weight is 347 g/mol. The van der Waals surface area contributed by atoms with E-state index < -0.39 is 0 Å². The van der Waals surface area contributed by atoms with E-state index in [4.69, 9.17) is 4.74 Å². The monoisotopic (exact) mass is 347 g/mol. The Morgan fingerprint density at radius 1 is 1.24 bits per heavy atom. The molecule has 0 radical (unpaired) electrons. The van der Waals surface area contributed by atoms with E-state index in [0.717, 1.165) is 65.0 Å². The number of carbonyl (C=O) groups excluding carboxylic acids is 1. The van der Waals surface area contributed by atoms with Crippen LogP contribution in [0.5, 0.6) is 0 Å². The number of urea groups is 1. The molecule has 2 saturated heterocycles. The summed E-state index contributed by atoms with van der Waals surface area (Å²) in [7, 11) is 0. The summed E-state index contributed by atoms with van der Waals surface area (Å²) in [5.41, 5.74) is 0.282. The van der Waals surface area contributed by atoms with Crippen molar-refractivity contribution >= 4 is 6.03 Å². The van der Waals surface area contributed by atoms with Crippen LogP contribution in [0.2, 0.25) is 0 Å². The van der Waals surface area contributed by atoms with Crippen molar-refractivity contribution in [2.75, 3.05) is 26.3 Å². The zero-order valence-electron chi connectivity index (χ0n) is 14.9. The van der Waals surface area contributed by atoms with Crippen molar-refractivity contribution < 1.29 is 9.53 Å². The minimum Gasteiger partial charge on any atom is -0.381 e. The van der Waals surface area contributed by atoms with E-state index in [1.54, 1.807) is 6.20 Å². The third-order valence-corrected chi connectivity index (χ3v) is 6.42. The second kappa shape index (κ2) is 7.32. The van der Waals surface area contributed by atoms with Gasteiger partial charge in [0.2, 0.25) is 0 Å². The first-order chi connectivity index (χ1) is 12.3. The average Bonchev–Trinajstić information content (AvgIpc) is 3.27. The number of hydrogen-bond acceptors (Lipinski definition) is 4. The molecule has 1 aromatic heterocycles. The number of aromatic nitrogens is 3. The molecule has 7 heteroatoms. The Labute approximate surface area is 149 Å². The molecule has 4 rings (SSSR count). The normalized spacial score (nSPS) is 29.0. The van der Waals surface area contributed by atoms with Gasteiger partial charge in [-0.2, -0.15) is 0 Å². The maximum Gasteiger partial charge on any atom is 0.317 e. The Morgan fingerprint density at radius 2 is 2.12 bits per heavy atom. The fourth-order valence-corrected chi connectivity index (χ4v) is 4.97. The second-order valence-electron chi connectivity index (χ2n) is 7.95. The lowest BCUT2D eigenvalue weighted by molar-refractivity contribution is 0.00512.